The highest BCUT2D eigenvalue weighted by atomic mass is 79.9. The number of benzene rings is 1. The molecule has 1 atom stereocenters. The number of hydrogen-bond acceptors (Lipinski definition) is 4. The number of nitrogens with one attached hydrogen (secondary N) is 1. The van der Waals surface area contributed by atoms with E-state index in [-0.39, 0.29) is 6.79 Å². The molecule has 6 heteroatoms. The fraction of sp³-hybridized carbons (Fsp3) is 0.500. The maximum absolute atomic E-state index is 11.3. The maximum Gasteiger partial charge on any atom is 0.231 e. The van der Waals surface area contributed by atoms with Crippen LogP contribution in [0, 0.1) is 0 Å². The molecule has 0 spiro atoms. The van der Waals surface area contributed by atoms with E-state index in [9.17, 15) is 4.21 Å². The minimum absolute atomic E-state index is 0.286. The Morgan fingerprint density at radius 1 is 1.39 bits per heavy atom. The largest absolute Gasteiger partial charge is 0.454 e. The summed E-state index contributed by atoms with van der Waals surface area (Å²) in [7, 11) is -0.709. The minimum Gasteiger partial charge on any atom is -0.454 e. The summed E-state index contributed by atoms with van der Waals surface area (Å²) in [5.41, 5.74) is 1.11. The van der Waals surface area contributed by atoms with Crippen molar-refractivity contribution in [3.05, 3.63) is 22.2 Å². The van der Waals surface area contributed by atoms with Crippen LogP contribution in [0.3, 0.4) is 0 Å². The van der Waals surface area contributed by atoms with Crippen LogP contribution in [0.15, 0.2) is 16.6 Å². The smallest absolute Gasteiger partial charge is 0.231 e. The van der Waals surface area contributed by atoms with E-state index in [0.29, 0.717) is 5.75 Å². The Morgan fingerprint density at radius 3 is 2.83 bits per heavy atom. The van der Waals surface area contributed by atoms with Gasteiger partial charge in [-0.1, -0.05) is 22.9 Å². The van der Waals surface area contributed by atoms with Crippen LogP contribution < -0.4 is 14.8 Å². The van der Waals surface area contributed by atoms with Gasteiger partial charge < -0.3 is 14.8 Å². The van der Waals surface area contributed by atoms with Crippen molar-refractivity contribution >= 4 is 26.7 Å². The molecular formula is C12H16BrNO3S. The topological polar surface area (TPSA) is 47.6 Å². The molecule has 0 aromatic heterocycles. The third kappa shape index (κ3) is 3.46. The lowest BCUT2D eigenvalue weighted by Crippen LogP contribution is -2.20. The molecule has 0 bridgehead atoms. The summed E-state index contributed by atoms with van der Waals surface area (Å²) >= 11 is 3.51. The van der Waals surface area contributed by atoms with Gasteiger partial charge in [0.15, 0.2) is 11.5 Å². The highest BCUT2D eigenvalue weighted by Crippen LogP contribution is 2.36. The van der Waals surface area contributed by atoms with Gasteiger partial charge in [0, 0.05) is 39.9 Å². The molecule has 0 radical (unpaired) electrons. The van der Waals surface area contributed by atoms with E-state index in [2.05, 4.69) is 21.2 Å². The highest BCUT2D eigenvalue weighted by molar-refractivity contribution is 9.10. The molecule has 1 aromatic carbocycles. The molecule has 0 saturated carbocycles. The Balaban J connectivity index is 1.88. The second-order valence-corrected chi connectivity index (χ2v) is 6.63. The molecule has 4 nitrogen and oxygen atoms in total. The fourth-order valence-corrected chi connectivity index (χ4v) is 2.77. The van der Waals surface area contributed by atoms with E-state index in [4.69, 9.17) is 9.47 Å². The van der Waals surface area contributed by atoms with Gasteiger partial charge >= 0.3 is 0 Å². The van der Waals surface area contributed by atoms with Crippen molar-refractivity contribution in [1.29, 1.82) is 0 Å². The van der Waals surface area contributed by atoms with Crippen molar-refractivity contribution in [2.24, 2.45) is 0 Å². The van der Waals surface area contributed by atoms with Crippen LogP contribution in [0.5, 0.6) is 11.5 Å². The van der Waals surface area contributed by atoms with Crippen LogP contribution in [0.2, 0.25) is 0 Å². The SMILES string of the molecule is CCS(=O)CCNCc1cc2c(cc1Br)OCO2. The number of rotatable bonds is 6. The Bertz CT molecular complexity index is 453. The number of halogens is 1. The van der Waals surface area contributed by atoms with E-state index >= 15 is 0 Å². The van der Waals surface area contributed by atoms with Crippen molar-refractivity contribution in [1.82, 2.24) is 5.32 Å². The first-order valence-electron chi connectivity index (χ1n) is 5.84. The van der Waals surface area contributed by atoms with E-state index in [1.807, 2.05) is 19.1 Å². The predicted octanol–water partition coefficient (Wildman–Crippen LogP) is 2.04. The zero-order chi connectivity index (χ0) is 13.0. The Labute approximate surface area is 118 Å². The monoisotopic (exact) mass is 333 g/mol. The number of hydrogen-bond donors (Lipinski definition) is 1. The van der Waals surface area contributed by atoms with Crippen molar-refractivity contribution in [2.45, 2.75) is 13.5 Å². The second kappa shape index (κ2) is 6.54. The lowest BCUT2D eigenvalue weighted by atomic mass is 10.2. The molecule has 1 aliphatic heterocycles. The predicted molar refractivity (Wildman–Crippen MR) is 75.5 cm³/mol. The molecule has 0 amide bonds. The lowest BCUT2D eigenvalue weighted by Gasteiger charge is -2.08. The zero-order valence-electron chi connectivity index (χ0n) is 10.2. The van der Waals surface area contributed by atoms with Gasteiger partial charge in [-0.05, 0) is 17.7 Å². The maximum atomic E-state index is 11.3. The molecule has 1 unspecified atom stereocenters. The zero-order valence-corrected chi connectivity index (χ0v) is 12.6. The standard InChI is InChI=1S/C12H16BrNO3S/c1-2-18(15)4-3-14-7-9-5-11-12(6-10(9)13)17-8-16-11/h5-6,14H,2-4,7-8H2,1H3. The summed E-state index contributed by atoms with van der Waals surface area (Å²) < 4.78 is 22.9. The summed E-state index contributed by atoms with van der Waals surface area (Å²) in [6, 6.07) is 3.89. The molecule has 1 aliphatic rings. The highest BCUT2D eigenvalue weighted by Gasteiger charge is 2.15. The average molecular weight is 334 g/mol. The van der Waals surface area contributed by atoms with Crippen LogP contribution in [-0.4, -0.2) is 29.1 Å². The molecule has 1 aromatic rings. The summed E-state index contributed by atoms with van der Waals surface area (Å²) in [6.45, 7) is 3.69. The molecule has 1 N–H and O–H groups in total. The third-order valence-corrected chi connectivity index (χ3v) is 4.73. The molecule has 0 saturated heterocycles. The first kappa shape index (κ1) is 13.8. The quantitative estimate of drug-likeness (QED) is 0.809. The van der Waals surface area contributed by atoms with Crippen molar-refractivity contribution in [3.8, 4) is 11.5 Å². The Kier molecular flexibility index (Phi) is 5.03. The molecule has 2 rings (SSSR count). The van der Waals surface area contributed by atoms with Gasteiger partial charge in [0.05, 0.1) is 0 Å². The fourth-order valence-electron chi connectivity index (χ4n) is 1.65. The molecule has 18 heavy (non-hydrogen) atoms. The van der Waals surface area contributed by atoms with Crippen LogP contribution in [0.1, 0.15) is 12.5 Å². The number of fused-ring (bicyclic) bond motifs is 1. The minimum atomic E-state index is -0.709. The molecule has 0 aliphatic carbocycles. The van der Waals surface area contributed by atoms with E-state index in [0.717, 1.165) is 40.4 Å². The molecular weight excluding hydrogens is 318 g/mol. The molecule has 100 valence electrons. The Morgan fingerprint density at radius 2 is 2.11 bits per heavy atom. The molecule has 1 heterocycles. The van der Waals surface area contributed by atoms with Crippen LogP contribution in [0.4, 0.5) is 0 Å². The van der Waals surface area contributed by atoms with Gasteiger partial charge in [-0.2, -0.15) is 0 Å². The van der Waals surface area contributed by atoms with Gasteiger partial charge in [0.25, 0.3) is 0 Å². The van der Waals surface area contributed by atoms with Crippen molar-refractivity contribution in [3.63, 3.8) is 0 Å². The van der Waals surface area contributed by atoms with E-state index in [1.165, 1.54) is 0 Å². The van der Waals surface area contributed by atoms with Gasteiger partial charge in [0.2, 0.25) is 6.79 Å². The first-order valence-corrected chi connectivity index (χ1v) is 8.12. The Hall–Kier alpha value is -0.590. The van der Waals surface area contributed by atoms with Gasteiger partial charge in [-0.3, -0.25) is 4.21 Å². The normalized spacial score (nSPS) is 14.8. The van der Waals surface area contributed by atoms with Crippen LogP contribution in [0.25, 0.3) is 0 Å². The van der Waals surface area contributed by atoms with Gasteiger partial charge in [-0.15, -0.1) is 0 Å². The summed E-state index contributed by atoms with van der Waals surface area (Å²) in [4.78, 5) is 0. The first-order chi connectivity index (χ1) is 8.70. The van der Waals surface area contributed by atoms with Crippen molar-refractivity contribution < 1.29 is 13.7 Å². The third-order valence-electron chi connectivity index (χ3n) is 2.69. The summed E-state index contributed by atoms with van der Waals surface area (Å²) in [5, 5.41) is 3.28. The average Bonchev–Trinajstić information content (AvgIpc) is 2.81. The van der Waals surface area contributed by atoms with Crippen molar-refractivity contribution in [2.75, 3.05) is 24.8 Å². The van der Waals surface area contributed by atoms with Gasteiger partial charge in [0.1, 0.15) is 0 Å². The molecule has 0 fully saturated rings. The lowest BCUT2D eigenvalue weighted by molar-refractivity contribution is 0.174. The van der Waals surface area contributed by atoms with Crippen LogP contribution in [-0.2, 0) is 17.3 Å². The van der Waals surface area contributed by atoms with E-state index in [1.54, 1.807) is 0 Å². The second-order valence-electron chi connectivity index (χ2n) is 3.91. The van der Waals surface area contributed by atoms with Crippen LogP contribution >= 0.6 is 15.9 Å². The number of ether oxygens (including phenoxy) is 2. The van der Waals surface area contributed by atoms with E-state index < -0.39 is 10.8 Å². The summed E-state index contributed by atoms with van der Waals surface area (Å²) in [6.07, 6.45) is 0. The van der Waals surface area contributed by atoms with Gasteiger partial charge in [-0.25, -0.2) is 0 Å². The summed E-state index contributed by atoms with van der Waals surface area (Å²) in [5.74, 6) is 2.97.